The predicted molar refractivity (Wildman–Crippen MR) is 151 cm³/mol. The number of piperidine rings is 1. The normalized spacial score (nSPS) is 14.7. The van der Waals surface area contributed by atoms with Crippen molar-refractivity contribution in [3.05, 3.63) is 90.1 Å². The van der Waals surface area contributed by atoms with Gasteiger partial charge >= 0.3 is 6.18 Å². The van der Waals surface area contributed by atoms with E-state index in [0.29, 0.717) is 12.2 Å². The third-order valence-electron chi connectivity index (χ3n) is 7.03. The molecule has 0 atom stereocenters. The van der Waals surface area contributed by atoms with E-state index >= 15 is 0 Å². The summed E-state index contributed by atoms with van der Waals surface area (Å²) >= 11 is 0. The summed E-state index contributed by atoms with van der Waals surface area (Å²) in [5.74, 6) is 0.0928. The summed E-state index contributed by atoms with van der Waals surface area (Å²) in [5, 5.41) is 6.92. The second kappa shape index (κ2) is 12.0. The molecule has 1 amide bonds. The molecule has 0 unspecified atom stereocenters. The number of nitrogens with one attached hydrogen (secondary N) is 2. The SMILES string of the molecule is Cc1cc(Nc2cc(OCCN3CCC(C(=O)Nc4ccccc4)CC3)cc(C(F)(F)F)c2)c2ccccc2n1. The van der Waals surface area contributed by atoms with E-state index in [1.807, 2.05) is 67.6 Å². The number of ether oxygens (including phenoxy) is 1. The van der Waals surface area contributed by atoms with Gasteiger partial charge in [-0.1, -0.05) is 36.4 Å². The largest absolute Gasteiger partial charge is 0.492 e. The van der Waals surface area contributed by atoms with E-state index in [9.17, 15) is 18.0 Å². The van der Waals surface area contributed by atoms with Gasteiger partial charge in [-0.15, -0.1) is 0 Å². The average molecular weight is 549 g/mol. The van der Waals surface area contributed by atoms with Crippen molar-refractivity contribution in [1.29, 1.82) is 0 Å². The van der Waals surface area contributed by atoms with E-state index in [-0.39, 0.29) is 29.9 Å². The fraction of sp³-hybridized carbons (Fsp3) is 0.290. The number of aryl methyl sites for hydroxylation is 1. The van der Waals surface area contributed by atoms with Crippen LogP contribution < -0.4 is 15.4 Å². The van der Waals surface area contributed by atoms with Crippen LogP contribution in [0.25, 0.3) is 10.9 Å². The Kier molecular flexibility index (Phi) is 8.21. The number of nitrogens with zero attached hydrogens (tertiary/aromatic N) is 2. The summed E-state index contributed by atoms with van der Waals surface area (Å²) in [5.41, 5.74) is 2.47. The van der Waals surface area contributed by atoms with Gasteiger partial charge in [0, 0.05) is 46.7 Å². The number of anilines is 3. The van der Waals surface area contributed by atoms with Gasteiger partial charge in [0.1, 0.15) is 12.4 Å². The number of hydrogen-bond donors (Lipinski definition) is 2. The zero-order chi connectivity index (χ0) is 28.1. The molecule has 208 valence electrons. The van der Waals surface area contributed by atoms with Crippen LogP contribution in [0, 0.1) is 12.8 Å². The number of para-hydroxylation sites is 2. The molecule has 1 aromatic heterocycles. The molecule has 4 aromatic rings. The van der Waals surface area contributed by atoms with Gasteiger partial charge in [0.2, 0.25) is 5.91 Å². The molecule has 2 N–H and O–H groups in total. The lowest BCUT2D eigenvalue weighted by Crippen LogP contribution is -2.39. The molecule has 1 fully saturated rings. The summed E-state index contributed by atoms with van der Waals surface area (Å²) in [6, 6.07) is 22.4. The fourth-order valence-electron chi connectivity index (χ4n) is 4.96. The Labute approximate surface area is 231 Å². The van der Waals surface area contributed by atoms with E-state index in [1.54, 1.807) is 6.07 Å². The second-order valence-corrected chi connectivity index (χ2v) is 10.0. The Bertz CT molecular complexity index is 1470. The molecular weight excluding hydrogens is 517 g/mol. The summed E-state index contributed by atoms with van der Waals surface area (Å²) in [4.78, 5) is 19.3. The average Bonchev–Trinajstić information content (AvgIpc) is 2.93. The number of fused-ring (bicyclic) bond motifs is 1. The Morgan fingerprint density at radius 3 is 2.45 bits per heavy atom. The Balaban J connectivity index is 1.20. The van der Waals surface area contributed by atoms with E-state index in [0.717, 1.165) is 60.3 Å². The van der Waals surface area contributed by atoms with Crippen LogP contribution in [0.5, 0.6) is 5.75 Å². The maximum Gasteiger partial charge on any atom is 0.416 e. The highest BCUT2D eigenvalue weighted by Gasteiger charge is 2.32. The Morgan fingerprint density at radius 2 is 1.70 bits per heavy atom. The van der Waals surface area contributed by atoms with Crippen molar-refractivity contribution >= 4 is 33.9 Å². The number of benzene rings is 3. The number of amides is 1. The van der Waals surface area contributed by atoms with Crippen molar-refractivity contribution in [1.82, 2.24) is 9.88 Å². The maximum absolute atomic E-state index is 13.7. The Morgan fingerprint density at radius 1 is 0.975 bits per heavy atom. The van der Waals surface area contributed by atoms with Crippen LogP contribution in [0.4, 0.5) is 30.2 Å². The molecule has 0 saturated carbocycles. The smallest absolute Gasteiger partial charge is 0.416 e. The topological polar surface area (TPSA) is 66.5 Å². The highest BCUT2D eigenvalue weighted by molar-refractivity contribution is 5.93. The molecule has 0 spiro atoms. The fourth-order valence-corrected chi connectivity index (χ4v) is 4.96. The lowest BCUT2D eigenvalue weighted by atomic mass is 9.96. The first-order valence-electron chi connectivity index (χ1n) is 13.3. The predicted octanol–water partition coefficient (Wildman–Crippen LogP) is 7.04. The van der Waals surface area contributed by atoms with Crippen molar-refractivity contribution in [3.63, 3.8) is 0 Å². The van der Waals surface area contributed by atoms with Crippen molar-refractivity contribution in [2.24, 2.45) is 5.92 Å². The number of carbonyl (C=O) groups excluding carboxylic acids is 1. The molecule has 2 heterocycles. The summed E-state index contributed by atoms with van der Waals surface area (Å²) in [6.45, 7) is 4.08. The van der Waals surface area contributed by atoms with Gasteiger partial charge in [-0.05, 0) is 69.3 Å². The van der Waals surface area contributed by atoms with Crippen LogP contribution in [-0.4, -0.2) is 42.0 Å². The maximum atomic E-state index is 13.7. The Hall–Kier alpha value is -4.11. The van der Waals surface area contributed by atoms with Crippen LogP contribution in [0.3, 0.4) is 0 Å². The summed E-state index contributed by atoms with van der Waals surface area (Å²) in [7, 11) is 0. The first kappa shape index (κ1) is 27.5. The molecule has 9 heteroatoms. The quantitative estimate of drug-likeness (QED) is 0.247. The molecule has 1 saturated heterocycles. The molecule has 0 bridgehead atoms. The highest BCUT2D eigenvalue weighted by Crippen LogP contribution is 2.36. The number of halogens is 3. The highest BCUT2D eigenvalue weighted by atomic mass is 19.4. The van der Waals surface area contributed by atoms with E-state index in [1.165, 1.54) is 0 Å². The summed E-state index contributed by atoms with van der Waals surface area (Å²) < 4.78 is 47.0. The number of alkyl halides is 3. The van der Waals surface area contributed by atoms with E-state index in [4.69, 9.17) is 4.74 Å². The van der Waals surface area contributed by atoms with Crippen molar-refractivity contribution < 1.29 is 22.7 Å². The van der Waals surface area contributed by atoms with Crippen molar-refractivity contribution in [3.8, 4) is 5.75 Å². The minimum absolute atomic E-state index is 0.0169. The molecule has 6 nitrogen and oxygen atoms in total. The van der Waals surface area contributed by atoms with Crippen molar-refractivity contribution in [2.75, 3.05) is 36.9 Å². The van der Waals surface area contributed by atoms with Crippen LogP contribution in [-0.2, 0) is 11.0 Å². The van der Waals surface area contributed by atoms with Gasteiger partial charge < -0.3 is 15.4 Å². The van der Waals surface area contributed by atoms with Gasteiger partial charge in [-0.2, -0.15) is 13.2 Å². The third-order valence-corrected chi connectivity index (χ3v) is 7.03. The lowest BCUT2D eigenvalue weighted by molar-refractivity contribution is -0.137. The number of aromatic nitrogens is 1. The van der Waals surface area contributed by atoms with Crippen LogP contribution >= 0.6 is 0 Å². The number of rotatable bonds is 8. The van der Waals surface area contributed by atoms with Crippen LogP contribution in [0.15, 0.2) is 78.9 Å². The molecule has 1 aliphatic heterocycles. The minimum Gasteiger partial charge on any atom is -0.492 e. The molecular formula is C31H31F3N4O2. The number of carbonyl (C=O) groups is 1. The zero-order valence-corrected chi connectivity index (χ0v) is 22.2. The van der Waals surface area contributed by atoms with Gasteiger partial charge in [-0.3, -0.25) is 14.7 Å². The summed E-state index contributed by atoms with van der Waals surface area (Å²) in [6.07, 6.45) is -3.08. The standard InChI is InChI=1S/C31H31F3N4O2/c1-21-17-29(27-9-5-6-10-28(27)35-21)36-25-18-23(31(32,33)34)19-26(20-25)40-16-15-38-13-11-22(12-14-38)30(39)37-24-7-3-2-4-8-24/h2-10,17-20,22H,11-16H2,1H3,(H,35,36)(H,37,39). The van der Waals surface area contributed by atoms with Gasteiger partial charge in [0.25, 0.3) is 0 Å². The molecule has 5 rings (SSSR count). The molecule has 40 heavy (non-hydrogen) atoms. The van der Waals surface area contributed by atoms with E-state index in [2.05, 4.69) is 20.5 Å². The molecule has 1 aliphatic rings. The third kappa shape index (κ3) is 6.90. The monoisotopic (exact) mass is 548 g/mol. The lowest BCUT2D eigenvalue weighted by Gasteiger charge is -2.31. The first-order valence-corrected chi connectivity index (χ1v) is 13.3. The first-order chi connectivity index (χ1) is 19.2. The second-order valence-electron chi connectivity index (χ2n) is 10.0. The minimum atomic E-state index is -4.52. The van der Waals surface area contributed by atoms with Crippen molar-refractivity contribution in [2.45, 2.75) is 25.9 Å². The van der Waals surface area contributed by atoms with Crippen LogP contribution in [0.2, 0.25) is 0 Å². The number of pyridine rings is 1. The number of hydrogen-bond acceptors (Lipinski definition) is 5. The number of likely N-dealkylation sites (tertiary alicyclic amines) is 1. The zero-order valence-electron chi connectivity index (χ0n) is 22.2. The van der Waals surface area contributed by atoms with E-state index < -0.39 is 11.7 Å². The van der Waals surface area contributed by atoms with Crippen LogP contribution in [0.1, 0.15) is 24.1 Å². The molecule has 0 aliphatic carbocycles. The van der Waals surface area contributed by atoms with Gasteiger partial charge in [0.05, 0.1) is 11.1 Å². The molecule has 0 radical (unpaired) electrons. The molecule has 3 aromatic carbocycles. The van der Waals surface area contributed by atoms with Gasteiger partial charge in [0.15, 0.2) is 0 Å². The van der Waals surface area contributed by atoms with Gasteiger partial charge in [-0.25, -0.2) is 0 Å².